The summed E-state index contributed by atoms with van der Waals surface area (Å²) in [7, 11) is -3.58. The molecule has 7 heteroatoms. The Balaban J connectivity index is 2.34. The first kappa shape index (κ1) is 15.4. The van der Waals surface area contributed by atoms with Gasteiger partial charge in [0.05, 0.1) is 24.2 Å². The Kier molecular flexibility index (Phi) is 4.77. The van der Waals surface area contributed by atoms with Gasteiger partial charge >= 0.3 is 0 Å². The van der Waals surface area contributed by atoms with Crippen LogP contribution >= 0.6 is 0 Å². The van der Waals surface area contributed by atoms with Crippen LogP contribution in [0.5, 0.6) is 0 Å². The number of morpholine rings is 1. The molecule has 112 valence electrons. The van der Waals surface area contributed by atoms with Crippen molar-refractivity contribution in [3.05, 3.63) is 29.3 Å². The number of sulfonamides is 1. The number of aliphatic hydroxyl groups excluding tert-OH is 1. The van der Waals surface area contributed by atoms with E-state index < -0.39 is 16.1 Å². The van der Waals surface area contributed by atoms with Crippen LogP contribution in [-0.4, -0.2) is 50.2 Å². The smallest absolute Gasteiger partial charge is 0.243 e. The summed E-state index contributed by atoms with van der Waals surface area (Å²) in [4.78, 5) is 0.277. The van der Waals surface area contributed by atoms with E-state index in [1.807, 2.05) is 6.07 Å². The van der Waals surface area contributed by atoms with Crippen LogP contribution in [-0.2, 0) is 21.3 Å². The quantitative estimate of drug-likeness (QED) is 0.806. The predicted molar refractivity (Wildman–Crippen MR) is 74.7 cm³/mol. The molecule has 0 aromatic heterocycles. The average Bonchev–Trinajstić information content (AvgIpc) is 2.47. The van der Waals surface area contributed by atoms with E-state index in [-0.39, 0.29) is 18.0 Å². The third-order valence-corrected chi connectivity index (χ3v) is 5.42. The molecule has 1 heterocycles. The van der Waals surface area contributed by atoms with Crippen molar-refractivity contribution >= 4 is 10.0 Å². The number of benzene rings is 1. The standard InChI is InChI=1S/C13H20N2O4S/c1-10-2-3-11(7-14)6-13(10)20(17,18)15-4-5-19-12(8-15)9-16/h2-3,6,12,16H,4-5,7-9,14H2,1H3. The van der Waals surface area contributed by atoms with Crippen LogP contribution in [0.2, 0.25) is 0 Å². The van der Waals surface area contributed by atoms with Crippen molar-refractivity contribution in [1.82, 2.24) is 4.31 Å². The molecule has 6 nitrogen and oxygen atoms in total. The van der Waals surface area contributed by atoms with Gasteiger partial charge in [-0.3, -0.25) is 0 Å². The molecule has 1 aliphatic rings. The Hall–Kier alpha value is -0.990. The van der Waals surface area contributed by atoms with Crippen molar-refractivity contribution < 1.29 is 18.3 Å². The van der Waals surface area contributed by atoms with Gasteiger partial charge in [0.2, 0.25) is 10.0 Å². The number of ether oxygens (including phenoxy) is 1. The summed E-state index contributed by atoms with van der Waals surface area (Å²) in [5.41, 5.74) is 7.04. The van der Waals surface area contributed by atoms with E-state index in [9.17, 15) is 8.42 Å². The summed E-state index contributed by atoms with van der Waals surface area (Å²) >= 11 is 0. The summed E-state index contributed by atoms with van der Waals surface area (Å²) in [6.07, 6.45) is -0.462. The van der Waals surface area contributed by atoms with Crippen molar-refractivity contribution in [1.29, 1.82) is 0 Å². The Morgan fingerprint density at radius 2 is 2.25 bits per heavy atom. The van der Waals surface area contributed by atoms with Crippen LogP contribution in [0.15, 0.2) is 23.1 Å². The van der Waals surface area contributed by atoms with Crippen LogP contribution < -0.4 is 5.73 Å². The largest absolute Gasteiger partial charge is 0.394 e. The second-order valence-corrected chi connectivity index (χ2v) is 6.75. The fraction of sp³-hybridized carbons (Fsp3) is 0.538. The van der Waals surface area contributed by atoms with Gasteiger partial charge in [0.1, 0.15) is 0 Å². The van der Waals surface area contributed by atoms with Gasteiger partial charge in [-0.25, -0.2) is 8.42 Å². The summed E-state index contributed by atoms with van der Waals surface area (Å²) in [6, 6.07) is 5.21. The Labute approximate surface area is 119 Å². The van der Waals surface area contributed by atoms with E-state index in [2.05, 4.69) is 0 Å². The number of nitrogens with two attached hydrogens (primary N) is 1. The first-order valence-corrected chi connectivity index (χ1v) is 7.95. The van der Waals surface area contributed by atoms with Gasteiger partial charge in [-0.15, -0.1) is 0 Å². The highest BCUT2D eigenvalue weighted by Gasteiger charge is 2.31. The number of nitrogens with zero attached hydrogens (tertiary/aromatic N) is 1. The maximum absolute atomic E-state index is 12.7. The van der Waals surface area contributed by atoms with Crippen LogP contribution in [0.4, 0.5) is 0 Å². The number of hydrogen-bond acceptors (Lipinski definition) is 5. The fourth-order valence-corrected chi connectivity index (χ4v) is 3.94. The molecular weight excluding hydrogens is 280 g/mol. The van der Waals surface area contributed by atoms with Crippen molar-refractivity contribution in [2.45, 2.75) is 24.5 Å². The van der Waals surface area contributed by atoms with E-state index in [0.717, 1.165) is 5.56 Å². The zero-order chi connectivity index (χ0) is 14.8. The molecule has 1 unspecified atom stereocenters. The van der Waals surface area contributed by atoms with Crippen molar-refractivity contribution in [3.63, 3.8) is 0 Å². The second kappa shape index (κ2) is 6.19. The third kappa shape index (κ3) is 3.02. The normalized spacial score (nSPS) is 21.1. The number of hydrogen-bond donors (Lipinski definition) is 2. The molecule has 1 aromatic rings. The van der Waals surface area contributed by atoms with Crippen LogP contribution in [0.3, 0.4) is 0 Å². The molecule has 0 radical (unpaired) electrons. The van der Waals surface area contributed by atoms with Gasteiger partial charge < -0.3 is 15.6 Å². The lowest BCUT2D eigenvalue weighted by molar-refractivity contribution is -0.0304. The van der Waals surface area contributed by atoms with Gasteiger partial charge in [-0.1, -0.05) is 12.1 Å². The molecular formula is C13H20N2O4S. The lowest BCUT2D eigenvalue weighted by Gasteiger charge is -2.31. The summed E-state index contributed by atoms with van der Waals surface area (Å²) in [6.45, 7) is 2.63. The molecule has 0 bridgehead atoms. The first-order chi connectivity index (χ1) is 9.48. The molecule has 0 aliphatic carbocycles. The van der Waals surface area contributed by atoms with E-state index in [1.54, 1.807) is 19.1 Å². The molecule has 0 saturated carbocycles. The van der Waals surface area contributed by atoms with Crippen molar-refractivity contribution in [2.24, 2.45) is 5.73 Å². The molecule has 3 N–H and O–H groups in total. The molecule has 0 spiro atoms. The van der Waals surface area contributed by atoms with Crippen LogP contribution in [0.25, 0.3) is 0 Å². The van der Waals surface area contributed by atoms with Crippen molar-refractivity contribution in [2.75, 3.05) is 26.3 Å². The number of rotatable bonds is 4. The van der Waals surface area contributed by atoms with E-state index in [0.29, 0.717) is 25.3 Å². The minimum atomic E-state index is -3.58. The summed E-state index contributed by atoms with van der Waals surface area (Å²) < 4.78 is 32.0. The minimum absolute atomic E-state index is 0.172. The summed E-state index contributed by atoms with van der Waals surface area (Å²) in [5.74, 6) is 0. The fourth-order valence-electron chi connectivity index (χ4n) is 2.21. The second-order valence-electron chi connectivity index (χ2n) is 4.84. The molecule has 1 saturated heterocycles. The molecule has 2 rings (SSSR count). The lowest BCUT2D eigenvalue weighted by atomic mass is 10.1. The maximum Gasteiger partial charge on any atom is 0.243 e. The zero-order valence-corrected chi connectivity index (χ0v) is 12.3. The molecule has 0 amide bonds. The number of aryl methyl sites for hydroxylation is 1. The minimum Gasteiger partial charge on any atom is -0.394 e. The average molecular weight is 300 g/mol. The molecule has 1 atom stereocenters. The highest BCUT2D eigenvalue weighted by atomic mass is 32.2. The Morgan fingerprint density at radius 3 is 2.90 bits per heavy atom. The SMILES string of the molecule is Cc1ccc(CN)cc1S(=O)(=O)N1CCOC(CO)C1. The highest BCUT2D eigenvalue weighted by Crippen LogP contribution is 2.23. The molecule has 1 fully saturated rings. The van der Waals surface area contributed by atoms with E-state index in [4.69, 9.17) is 15.6 Å². The Morgan fingerprint density at radius 1 is 1.50 bits per heavy atom. The van der Waals surface area contributed by atoms with Crippen molar-refractivity contribution in [3.8, 4) is 0 Å². The maximum atomic E-state index is 12.7. The number of aliphatic hydroxyl groups is 1. The monoisotopic (exact) mass is 300 g/mol. The van der Waals surface area contributed by atoms with Gasteiger partial charge in [0.15, 0.2) is 0 Å². The highest BCUT2D eigenvalue weighted by molar-refractivity contribution is 7.89. The predicted octanol–water partition coefficient (Wildman–Crippen LogP) is -0.164. The van der Waals surface area contributed by atoms with Gasteiger partial charge in [-0.05, 0) is 24.1 Å². The third-order valence-electron chi connectivity index (χ3n) is 3.41. The molecule has 1 aromatic carbocycles. The molecule has 20 heavy (non-hydrogen) atoms. The van der Waals surface area contributed by atoms with Gasteiger partial charge in [-0.2, -0.15) is 4.31 Å². The first-order valence-electron chi connectivity index (χ1n) is 6.51. The lowest BCUT2D eigenvalue weighted by Crippen LogP contribution is -2.46. The Bertz CT molecular complexity index is 574. The van der Waals surface area contributed by atoms with Gasteiger partial charge in [0.25, 0.3) is 0 Å². The van der Waals surface area contributed by atoms with Gasteiger partial charge in [0, 0.05) is 19.6 Å². The van der Waals surface area contributed by atoms with E-state index in [1.165, 1.54) is 4.31 Å². The summed E-state index contributed by atoms with van der Waals surface area (Å²) in [5, 5.41) is 9.12. The molecule has 1 aliphatic heterocycles. The van der Waals surface area contributed by atoms with Crippen LogP contribution in [0.1, 0.15) is 11.1 Å². The van der Waals surface area contributed by atoms with Crippen LogP contribution in [0, 0.1) is 6.92 Å². The van der Waals surface area contributed by atoms with E-state index >= 15 is 0 Å². The zero-order valence-electron chi connectivity index (χ0n) is 11.4. The topological polar surface area (TPSA) is 92.9 Å².